The Kier molecular flexibility index (Phi) is 5.57. The van der Waals surface area contributed by atoms with Gasteiger partial charge in [0.2, 0.25) is 0 Å². The third-order valence-corrected chi connectivity index (χ3v) is 3.80. The molecule has 0 aromatic heterocycles. The van der Waals surface area contributed by atoms with Gasteiger partial charge in [0.25, 0.3) is 0 Å². The second-order valence-electron chi connectivity index (χ2n) is 4.65. The summed E-state index contributed by atoms with van der Waals surface area (Å²) in [5.74, 6) is 0. The fraction of sp³-hybridized carbons (Fsp3) is 0.250. The van der Waals surface area contributed by atoms with Gasteiger partial charge in [-0.25, -0.2) is 0 Å². The first-order valence-electron chi connectivity index (χ1n) is 6.65. The van der Waals surface area contributed by atoms with Crippen molar-refractivity contribution in [2.45, 2.75) is 13.3 Å². The molecule has 2 aromatic carbocycles. The van der Waals surface area contributed by atoms with Crippen molar-refractivity contribution in [3.63, 3.8) is 0 Å². The van der Waals surface area contributed by atoms with Crippen LogP contribution in [0.4, 0.5) is 11.4 Å². The molecule has 0 saturated carbocycles. The van der Waals surface area contributed by atoms with Crippen LogP contribution in [0.25, 0.3) is 0 Å². The van der Waals surface area contributed by atoms with Crippen LogP contribution in [-0.2, 0) is 0 Å². The molecule has 2 N–H and O–H groups in total. The van der Waals surface area contributed by atoms with Crippen molar-refractivity contribution in [2.24, 2.45) is 0 Å². The lowest BCUT2D eigenvalue weighted by Crippen LogP contribution is -2.09. The average Bonchev–Trinajstić information content (AvgIpc) is 2.44. The Morgan fingerprint density at radius 3 is 2.40 bits per heavy atom. The number of aryl methyl sites for hydroxylation is 1. The number of hydrogen-bond donors (Lipinski definition) is 2. The Morgan fingerprint density at radius 2 is 1.65 bits per heavy atom. The molecule has 0 unspecified atom stereocenters. The van der Waals surface area contributed by atoms with Gasteiger partial charge >= 0.3 is 0 Å². The Hall–Kier alpha value is -1.38. The maximum atomic E-state index is 5.97. The molecule has 2 aromatic rings. The quantitative estimate of drug-likeness (QED) is 0.715. The summed E-state index contributed by atoms with van der Waals surface area (Å²) in [7, 11) is 0. The van der Waals surface area contributed by atoms with E-state index in [9.17, 15) is 0 Å². The topological polar surface area (TPSA) is 24.1 Å². The molecule has 4 heteroatoms. The van der Waals surface area contributed by atoms with Gasteiger partial charge in [-0.15, -0.1) is 0 Å². The normalized spacial score (nSPS) is 10.3. The van der Waals surface area contributed by atoms with E-state index in [1.54, 1.807) is 6.07 Å². The number of halogens is 2. The maximum Gasteiger partial charge on any atom is 0.0612 e. The lowest BCUT2D eigenvalue weighted by atomic mass is 10.2. The maximum absolute atomic E-state index is 5.97. The van der Waals surface area contributed by atoms with Crippen molar-refractivity contribution in [1.82, 2.24) is 0 Å². The van der Waals surface area contributed by atoms with Gasteiger partial charge < -0.3 is 10.6 Å². The van der Waals surface area contributed by atoms with Crippen molar-refractivity contribution in [3.8, 4) is 0 Å². The second kappa shape index (κ2) is 7.41. The number of benzene rings is 2. The van der Waals surface area contributed by atoms with Gasteiger partial charge in [0.1, 0.15) is 0 Å². The molecule has 20 heavy (non-hydrogen) atoms. The predicted octanol–water partition coefficient (Wildman–Crippen LogP) is 5.22. The highest BCUT2D eigenvalue weighted by atomic mass is 35.5. The second-order valence-corrected chi connectivity index (χ2v) is 5.47. The molecule has 0 bridgehead atoms. The Bertz CT molecular complexity index is 570. The third kappa shape index (κ3) is 4.32. The third-order valence-electron chi connectivity index (χ3n) is 3.06. The predicted molar refractivity (Wildman–Crippen MR) is 89.2 cm³/mol. The SMILES string of the molecule is Cc1ccccc1NCCCNc1ccc(Cl)c(Cl)c1. The van der Waals surface area contributed by atoms with Crippen LogP contribution in [0.15, 0.2) is 42.5 Å². The van der Waals surface area contributed by atoms with E-state index in [0.717, 1.165) is 25.2 Å². The molecular weight excluding hydrogens is 291 g/mol. The van der Waals surface area contributed by atoms with Crippen LogP contribution in [0, 0.1) is 6.92 Å². The van der Waals surface area contributed by atoms with Crippen LogP contribution >= 0.6 is 23.2 Å². The Morgan fingerprint density at radius 1 is 0.900 bits per heavy atom. The number of hydrogen-bond acceptors (Lipinski definition) is 2. The lowest BCUT2D eigenvalue weighted by molar-refractivity contribution is 0.908. The number of anilines is 2. The molecule has 0 aliphatic carbocycles. The van der Waals surface area contributed by atoms with Gasteiger partial charge in [0.15, 0.2) is 0 Å². The summed E-state index contributed by atoms with van der Waals surface area (Å²) in [5.41, 5.74) is 3.46. The van der Waals surface area contributed by atoms with Gasteiger partial charge in [-0.05, 0) is 43.2 Å². The highest BCUT2D eigenvalue weighted by Gasteiger charge is 1.99. The molecule has 0 heterocycles. The minimum absolute atomic E-state index is 0.578. The molecule has 0 atom stereocenters. The molecular formula is C16H18Cl2N2. The summed E-state index contributed by atoms with van der Waals surface area (Å²) in [6.45, 7) is 3.92. The molecule has 0 fully saturated rings. The lowest BCUT2D eigenvalue weighted by Gasteiger charge is -2.10. The molecule has 0 spiro atoms. The minimum atomic E-state index is 0.578. The fourth-order valence-electron chi connectivity index (χ4n) is 1.92. The van der Waals surface area contributed by atoms with E-state index in [0.29, 0.717) is 10.0 Å². The van der Waals surface area contributed by atoms with E-state index in [1.807, 2.05) is 24.3 Å². The first-order chi connectivity index (χ1) is 9.66. The summed E-state index contributed by atoms with van der Waals surface area (Å²) >= 11 is 11.8. The molecule has 0 radical (unpaired) electrons. The van der Waals surface area contributed by atoms with Gasteiger partial charge in [0, 0.05) is 24.5 Å². The van der Waals surface area contributed by atoms with E-state index in [2.05, 4.69) is 29.7 Å². The molecule has 106 valence electrons. The number of para-hydroxylation sites is 1. The van der Waals surface area contributed by atoms with E-state index in [1.165, 1.54) is 11.3 Å². The van der Waals surface area contributed by atoms with Gasteiger partial charge in [0.05, 0.1) is 10.0 Å². The largest absolute Gasteiger partial charge is 0.385 e. The van der Waals surface area contributed by atoms with Crippen LogP contribution in [0.1, 0.15) is 12.0 Å². The van der Waals surface area contributed by atoms with E-state index in [4.69, 9.17) is 23.2 Å². The van der Waals surface area contributed by atoms with Crippen molar-refractivity contribution in [3.05, 3.63) is 58.1 Å². The van der Waals surface area contributed by atoms with Gasteiger partial charge in [-0.2, -0.15) is 0 Å². The van der Waals surface area contributed by atoms with E-state index >= 15 is 0 Å². The van der Waals surface area contributed by atoms with E-state index < -0.39 is 0 Å². The van der Waals surface area contributed by atoms with Crippen LogP contribution in [0.3, 0.4) is 0 Å². The highest BCUT2D eigenvalue weighted by Crippen LogP contribution is 2.24. The summed E-state index contributed by atoms with van der Waals surface area (Å²) in [6.07, 6.45) is 1.02. The Balaban J connectivity index is 1.71. The number of rotatable bonds is 6. The zero-order chi connectivity index (χ0) is 14.4. The van der Waals surface area contributed by atoms with Gasteiger partial charge in [-0.3, -0.25) is 0 Å². The summed E-state index contributed by atoms with van der Waals surface area (Å²) < 4.78 is 0. The zero-order valence-corrected chi connectivity index (χ0v) is 12.9. The standard InChI is InChI=1S/C16H18Cl2N2/c1-12-5-2-3-6-16(12)20-10-4-9-19-13-7-8-14(17)15(18)11-13/h2-3,5-8,11,19-20H,4,9-10H2,1H3. The van der Waals surface area contributed by atoms with Crippen LogP contribution in [0.5, 0.6) is 0 Å². The summed E-state index contributed by atoms with van der Waals surface area (Å²) in [6, 6.07) is 13.9. The van der Waals surface area contributed by atoms with E-state index in [-0.39, 0.29) is 0 Å². The van der Waals surface area contributed by atoms with Crippen molar-refractivity contribution < 1.29 is 0 Å². The van der Waals surface area contributed by atoms with Crippen molar-refractivity contribution >= 4 is 34.6 Å². The van der Waals surface area contributed by atoms with Crippen molar-refractivity contribution in [2.75, 3.05) is 23.7 Å². The molecule has 0 amide bonds. The Labute approximate surface area is 130 Å². The minimum Gasteiger partial charge on any atom is -0.385 e. The zero-order valence-electron chi connectivity index (χ0n) is 11.4. The smallest absolute Gasteiger partial charge is 0.0612 e. The average molecular weight is 309 g/mol. The summed E-state index contributed by atoms with van der Waals surface area (Å²) in [4.78, 5) is 0. The van der Waals surface area contributed by atoms with Gasteiger partial charge in [-0.1, -0.05) is 41.4 Å². The first kappa shape index (κ1) is 15.0. The number of nitrogens with one attached hydrogen (secondary N) is 2. The summed E-state index contributed by atoms with van der Waals surface area (Å²) in [5, 5.41) is 7.92. The highest BCUT2D eigenvalue weighted by molar-refractivity contribution is 6.42. The van der Waals surface area contributed by atoms with Crippen LogP contribution < -0.4 is 10.6 Å². The van der Waals surface area contributed by atoms with Crippen molar-refractivity contribution in [1.29, 1.82) is 0 Å². The molecule has 2 nitrogen and oxygen atoms in total. The van der Waals surface area contributed by atoms with Crippen LogP contribution in [0.2, 0.25) is 10.0 Å². The molecule has 0 aliphatic rings. The molecule has 2 rings (SSSR count). The fourth-order valence-corrected chi connectivity index (χ4v) is 2.22. The monoisotopic (exact) mass is 308 g/mol. The first-order valence-corrected chi connectivity index (χ1v) is 7.41. The molecule has 0 saturated heterocycles. The van der Waals surface area contributed by atoms with Crippen LogP contribution in [-0.4, -0.2) is 13.1 Å². The molecule has 0 aliphatic heterocycles.